The first-order chi connectivity index (χ1) is 8.45. The molecule has 0 saturated carbocycles. The van der Waals surface area contributed by atoms with Gasteiger partial charge >= 0.3 is 18.0 Å². The van der Waals surface area contributed by atoms with Gasteiger partial charge in [0.05, 0.1) is 7.11 Å². The van der Waals surface area contributed by atoms with E-state index in [-0.39, 0.29) is 5.75 Å². The van der Waals surface area contributed by atoms with Gasteiger partial charge in [-0.05, 0) is 12.1 Å². The third-order valence-electron chi connectivity index (χ3n) is 2.41. The van der Waals surface area contributed by atoms with Gasteiger partial charge in [-0.3, -0.25) is 0 Å². The van der Waals surface area contributed by atoms with Crippen molar-refractivity contribution in [3.63, 3.8) is 0 Å². The topological polar surface area (TPSA) is 35.2 Å². The van der Waals surface area contributed by atoms with Crippen molar-refractivity contribution in [2.24, 2.45) is 0 Å². The summed E-state index contributed by atoms with van der Waals surface area (Å²) in [6, 6.07) is 1.74. The van der Waals surface area contributed by atoms with Crippen molar-refractivity contribution in [1.29, 1.82) is 0 Å². The maximum Gasteiger partial charge on any atom is 0.436 e. The van der Waals surface area contributed by atoms with Gasteiger partial charge in [-0.25, -0.2) is 4.39 Å². The van der Waals surface area contributed by atoms with E-state index in [1.165, 1.54) is 0 Å². The highest BCUT2D eigenvalue weighted by Crippen LogP contribution is 2.54. The van der Waals surface area contributed by atoms with Crippen molar-refractivity contribution in [3.05, 3.63) is 23.8 Å². The van der Waals surface area contributed by atoms with Crippen LogP contribution in [0, 0.1) is 0 Å². The van der Waals surface area contributed by atoms with Crippen molar-refractivity contribution in [1.82, 2.24) is 0 Å². The molecule has 0 aliphatic rings. The lowest BCUT2D eigenvalue weighted by atomic mass is 9.92. The van der Waals surface area contributed by atoms with E-state index in [9.17, 15) is 30.7 Å². The third-order valence-corrected chi connectivity index (χ3v) is 2.41. The molecule has 9 heteroatoms. The Morgan fingerprint density at radius 1 is 0.947 bits per heavy atom. The molecule has 108 valence electrons. The first-order valence-electron chi connectivity index (χ1n) is 4.71. The van der Waals surface area contributed by atoms with E-state index >= 15 is 0 Å². The smallest absolute Gasteiger partial charge is 0.436 e. The molecule has 0 atom stereocenters. The van der Waals surface area contributed by atoms with E-state index < -0.39 is 29.3 Å². The number of nitrogens with two attached hydrogens (primary N) is 1. The lowest BCUT2D eigenvalue weighted by molar-refractivity contribution is -0.348. The predicted octanol–water partition coefficient (Wildman–Crippen LogP) is 3.57. The highest BCUT2D eigenvalue weighted by Gasteiger charge is 2.74. The number of alkyl halides is 7. The molecule has 0 aliphatic carbocycles. The van der Waals surface area contributed by atoms with Gasteiger partial charge in [-0.2, -0.15) is 26.3 Å². The Morgan fingerprint density at radius 2 is 1.42 bits per heavy atom. The van der Waals surface area contributed by atoms with Crippen molar-refractivity contribution in [3.8, 4) is 5.75 Å². The number of rotatable bonds is 2. The summed E-state index contributed by atoms with van der Waals surface area (Å²) in [5.74, 6) is -0.0899. The minimum Gasteiger partial charge on any atom is -0.497 e. The van der Waals surface area contributed by atoms with Gasteiger partial charge in [0.25, 0.3) is 0 Å². The molecule has 0 radical (unpaired) electrons. The van der Waals surface area contributed by atoms with Crippen molar-refractivity contribution < 1.29 is 35.5 Å². The number of methoxy groups -OCH3 is 1. The minimum absolute atomic E-state index is 0.0899. The Morgan fingerprint density at radius 3 is 1.74 bits per heavy atom. The Labute approximate surface area is 103 Å². The van der Waals surface area contributed by atoms with Gasteiger partial charge in [0, 0.05) is 17.3 Å². The lowest BCUT2D eigenvalue weighted by Gasteiger charge is -2.31. The Balaban J connectivity index is 3.52. The fraction of sp³-hybridized carbons (Fsp3) is 0.400. The molecule has 0 fully saturated rings. The summed E-state index contributed by atoms with van der Waals surface area (Å²) in [6.45, 7) is 0. The average molecular weight is 291 g/mol. The van der Waals surface area contributed by atoms with Gasteiger partial charge in [-0.1, -0.05) is 0 Å². The third kappa shape index (κ3) is 2.41. The maximum atomic E-state index is 13.7. The minimum atomic E-state index is -6.19. The first-order valence-corrected chi connectivity index (χ1v) is 4.71. The molecule has 0 unspecified atom stereocenters. The maximum absolute atomic E-state index is 13.7. The molecule has 2 N–H and O–H groups in total. The summed E-state index contributed by atoms with van der Waals surface area (Å²) in [7, 11) is 1.13. The number of benzene rings is 1. The second-order valence-corrected chi connectivity index (χ2v) is 3.61. The molecule has 0 aromatic heterocycles. The molecule has 0 spiro atoms. The predicted molar refractivity (Wildman–Crippen MR) is 52.3 cm³/mol. The van der Waals surface area contributed by atoms with Crippen LogP contribution in [0.1, 0.15) is 5.56 Å². The monoisotopic (exact) mass is 291 g/mol. The molecule has 1 aromatic carbocycles. The first kappa shape index (κ1) is 15.4. The zero-order chi connectivity index (χ0) is 15.1. The SMILES string of the molecule is COc1ccc(C(F)(C(F)(F)F)C(F)(F)F)c(N)c1. The molecule has 0 amide bonds. The normalized spacial score (nSPS) is 13.5. The van der Waals surface area contributed by atoms with Gasteiger partial charge in [0.1, 0.15) is 5.75 Å². The Bertz CT molecular complexity index is 452. The average Bonchev–Trinajstić information content (AvgIpc) is 2.24. The Kier molecular flexibility index (Phi) is 3.61. The fourth-order valence-corrected chi connectivity index (χ4v) is 1.45. The number of anilines is 1. The zero-order valence-corrected chi connectivity index (χ0v) is 9.36. The summed E-state index contributed by atoms with van der Waals surface area (Å²) in [5, 5.41) is 0. The second-order valence-electron chi connectivity index (χ2n) is 3.61. The number of hydrogen-bond acceptors (Lipinski definition) is 2. The molecule has 2 nitrogen and oxygen atoms in total. The summed E-state index contributed by atoms with van der Waals surface area (Å²) < 4.78 is 93.0. The zero-order valence-electron chi connectivity index (χ0n) is 9.36. The fourth-order valence-electron chi connectivity index (χ4n) is 1.45. The van der Waals surface area contributed by atoms with E-state index in [1.807, 2.05) is 0 Å². The van der Waals surface area contributed by atoms with E-state index in [0.717, 1.165) is 13.2 Å². The largest absolute Gasteiger partial charge is 0.497 e. The number of hydrogen-bond donors (Lipinski definition) is 1. The van der Waals surface area contributed by atoms with E-state index in [0.29, 0.717) is 12.1 Å². The van der Waals surface area contributed by atoms with E-state index in [4.69, 9.17) is 5.73 Å². The van der Waals surface area contributed by atoms with Crippen LogP contribution in [0.4, 0.5) is 36.4 Å². The van der Waals surface area contributed by atoms with E-state index in [2.05, 4.69) is 4.74 Å². The molecule has 0 bridgehead atoms. The van der Waals surface area contributed by atoms with Crippen LogP contribution in [0.3, 0.4) is 0 Å². The molecule has 1 rings (SSSR count). The van der Waals surface area contributed by atoms with Crippen LogP contribution in [0.5, 0.6) is 5.75 Å². The summed E-state index contributed by atoms with van der Waals surface area (Å²) >= 11 is 0. The standard InChI is InChI=1S/C10H8F7NO/c1-19-5-2-3-6(7(18)4-5)8(11,9(12,13)14)10(15,16)17/h2-4H,18H2,1H3. The molecular weight excluding hydrogens is 283 g/mol. The van der Waals surface area contributed by atoms with Crippen LogP contribution in [-0.2, 0) is 5.67 Å². The molecule has 0 aliphatic heterocycles. The highest BCUT2D eigenvalue weighted by atomic mass is 19.4. The highest BCUT2D eigenvalue weighted by molar-refractivity contribution is 5.55. The van der Waals surface area contributed by atoms with Crippen LogP contribution >= 0.6 is 0 Å². The van der Waals surface area contributed by atoms with Crippen LogP contribution in [-0.4, -0.2) is 19.5 Å². The van der Waals surface area contributed by atoms with Crippen molar-refractivity contribution in [2.75, 3.05) is 12.8 Å². The van der Waals surface area contributed by atoms with Crippen molar-refractivity contribution >= 4 is 5.69 Å². The molecular formula is C10H8F7NO. The van der Waals surface area contributed by atoms with Crippen LogP contribution in [0.15, 0.2) is 18.2 Å². The van der Waals surface area contributed by atoms with E-state index in [1.54, 1.807) is 0 Å². The Hall–Kier alpha value is -1.67. The van der Waals surface area contributed by atoms with Gasteiger partial charge in [0.2, 0.25) is 0 Å². The molecule has 1 aromatic rings. The number of halogens is 7. The van der Waals surface area contributed by atoms with Crippen LogP contribution in [0.2, 0.25) is 0 Å². The quantitative estimate of drug-likeness (QED) is 0.668. The van der Waals surface area contributed by atoms with Gasteiger partial charge in [-0.15, -0.1) is 0 Å². The molecule has 0 heterocycles. The van der Waals surface area contributed by atoms with Crippen LogP contribution < -0.4 is 10.5 Å². The van der Waals surface area contributed by atoms with Crippen LogP contribution in [0.25, 0.3) is 0 Å². The molecule has 19 heavy (non-hydrogen) atoms. The van der Waals surface area contributed by atoms with Gasteiger partial charge in [0.15, 0.2) is 0 Å². The lowest BCUT2D eigenvalue weighted by Crippen LogP contribution is -2.50. The summed E-state index contributed by atoms with van der Waals surface area (Å²) in [5.41, 5.74) is -3.19. The second kappa shape index (κ2) is 4.46. The number of ether oxygens (including phenoxy) is 1. The summed E-state index contributed by atoms with van der Waals surface area (Å²) in [4.78, 5) is 0. The number of nitrogen functional groups attached to an aromatic ring is 1. The summed E-state index contributed by atoms with van der Waals surface area (Å²) in [6.07, 6.45) is -12.4. The van der Waals surface area contributed by atoms with Crippen molar-refractivity contribution in [2.45, 2.75) is 18.0 Å². The molecule has 0 saturated heterocycles. The van der Waals surface area contributed by atoms with Gasteiger partial charge < -0.3 is 10.5 Å².